The molecule has 2 N–H and O–H groups in total. The van der Waals surface area contributed by atoms with Gasteiger partial charge < -0.3 is 9.63 Å². The summed E-state index contributed by atoms with van der Waals surface area (Å²) < 4.78 is 38.5. The molecule has 2 aliphatic rings. The van der Waals surface area contributed by atoms with Crippen LogP contribution >= 0.6 is 11.6 Å². The molecule has 3 heterocycles. The Morgan fingerprint density at radius 3 is 2.59 bits per heavy atom. The highest BCUT2D eigenvalue weighted by atomic mass is 35.5. The van der Waals surface area contributed by atoms with Gasteiger partial charge in [0.2, 0.25) is 0 Å². The summed E-state index contributed by atoms with van der Waals surface area (Å²) in [7, 11) is -3.05. The predicted molar refractivity (Wildman–Crippen MR) is 136 cm³/mol. The summed E-state index contributed by atoms with van der Waals surface area (Å²) in [6.45, 7) is 4.93. The van der Waals surface area contributed by atoms with Crippen molar-refractivity contribution in [1.29, 1.82) is 0 Å². The van der Waals surface area contributed by atoms with Gasteiger partial charge in [-0.3, -0.25) is 10.3 Å². The maximum atomic E-state index is 15.3. The van der Waals surface area contributed by atoms with E-state index >= 15 is 4.39 Å². The number of amides is 1. The molecule has 0 radical (unpaired) electrons. The maximum absolute atomic E-state index is 15.3. The van der Waals surface area contributed by atoms with E-state index in [2.05, 4.69) is 29.8 Å². The summed E-state index contributed by atoms with van der Waals surface area (Å²) in [5.41, 5.74) is -0.390. The Balaban J connectivity index is 1.60. The summed E-state index contributed by atoms with van der Waals surface area (Å²) in [5.74, 6) is -0.0490. The zero-order valence-corrected chi connectivity index (χ0v) is 21.8. The molecule has 5 rings (SSSR count). The molecule has 0 spiro atoms. The number of nitrogens with zero attached hydrogens (tertiary/aromatic N) is 5. The molecule has 0 bridgehead atoms. The molecule has 2 atom stereocenters. The van der Waals surface area contributed by atoms with Gasteiger partial charge in [0.1, 0.15) is 21.9 Å². The lowest BCUT2D eigenvalue weighted by Crippen LogP contribution is -2.57. The number of aromatic nitrogens is 3. The number of rotatable bonds is 4. The molecular formula is C24H24ClFN6O4S. The highest BCUT2D eigenvalue weighted by Crippen LogP contribution is 2.42. The number of hydrogen-bond acceptors (Lipinski definition) is 8. The molecule has 194 valence electrons. The Bertz CT molecular complexity index is 1540. The Hall–Kier alpha value is -3.38. The van der Waals surface area contributed by atoms with Gasteiger partial charge >= 0.3 is 6.09 Å². The van der Waals surface area contributed by atoms with Crippen molar-refractivity contribution in [3.8, 4) is 22.8 Å². The van der Waals surface area contributed by atoms with Crippen molar-refractivity contribution in [3.63, 3.8) is 0 Å². The summed E-state index contributed by atoms with van der Waals surface area (Å²) in [5, 5.41) is 16.1. The van der Waals surface area contributed by atoms with Crippen LogP contribution in [0.3, 0.4) is 0 Å². The van der Waals surface area contributed by atoms with Gasteiger partial charge in [0.15, 0.2) is 17.3 Å². The molecule has 1 fully saturated rings. The zero-order chi connectivity index (χ0) is 26.6. The third kappa shape index (κ3) is 4.71. The zero-order valence-electron chi connectivity index (χ0n) is 20.2. The van der Waals surface area contributed by atoms with Gasteiger partial charge in [0.05, 0.1) is 26.5 Å². The number of benzene rings is 1. The molecule has 1 aliphatic carbocycles. The largest absolute Gasteiger partial charge is 0.465 e. The lowest BCUT2D eigenvalue weighted by Gasteiger charge is -2.41. The van der Waals surface area contributed by atoms with E-state index in [1.165, 1.54) is 24.5 Å². The minimum atomic E-state index is -3.05. The van der Waals surface area contributed by atoms with Crippen LogP contribution in [0.2, 0.25) is 5.02 Å². The number of nitrogens with one attached hydrogen (secondary N) is 1. The highest BCUT2D eigenvalue weighted by molar-refractivity contribution is 7.95. The van der Waals surface area contributed by atoms with Crippen LogP contribution in [0.5, 0.6) is 0 Å². The first-order chi connectivity index (χ1) is 17.4. The number of hydrogen-bond donors (Lipinski definition) is 2. The van der Waals surface area contributed by atoms with Crippen LogP contribution in [-0.4, -0.2) is 52.9 Å². The van der Waals surface area contributed by atoms with E-state index in [0.717, 1.165) is 12.8 Å². The molecule has 1 saturated carbocycles. The lowest BCUT2D eigenvalue weighted by atomic mass is 9.91. The summed E-state index contributed by atoms with van der Waals surface area (Å²) >= 11 is 5.85. The SMILES string of the molecule is CC1(C)C(NC(=O)O)=N[C@](C)(c2cc(-c3cc(-c4ncc(Cl)cn4)no3)ccc2F)C[S@]1(=O)=NC1CC1. The van der Waals surface area contributed by atoms with E-state index in [4.69, 9.17) is 16.1 Å². The number of carboxylic acid groups (broad SMARTS) is 1. The minimum Gasteiger partial charge on any atom is -0.465 e. The van der Waals surface area contributed by atoms with Crippen LogP contribution in [0, 0.1) is 5.82 Å². The molecule has 0 unspecified atom stereocenters. The molecule has 37 heavy (non-hydrogen) atoms. The average molecular weight is 547 g/mol. The molecule has 0 saturated heterocycles. The molecule has 1 aromatic carbocycles. The third-order valence-electron chi connectivity index (χ3n) is 6.49. The van der Waals surface area contributed by atoms with E-state index in [9.17, 15) is 14.1 Å². The Morgan fingerprint density at radius 2 is 1.95 bits per heavy atom. The quantitative estimate of drug-likeness (QED) is 0.474. The highest BCUT2D eigenvalue weighted by Gasteiger charge is 2.50. The monoisotopic (exact) mass is 546 g/mol. The van der Waals surface area contributed by atoms with Gasteiger partial charge in [-0.25, -0.2) is 27.7 Å². The minimum absolute atomic E-state index is 0.0187. The molecule has 1 aliphatic heterocycles. The summed E-state index contributed by atoms with van der Waals surface area (Å²) in [6, 6.07) is 5.88. The standard InChI is InChI=1S/C24H24ClFN6O4S/c1-23(2)21(29-22(33)34)30-24(3,12-37(23,35)32-15-5-6-15)16-8-13(4-7-17(16)26)19-9-18(31-36-19)20-27-10-14(25)11-28-20/h4,7-11,15H,5-6,12H2,1-3H3,(H,29,30)(H,33,34)/t24-,37+/m0/s1. The van der Waals surface area contributed by atoms with Crippen molar-refractivity contribution >= 4 is 33.3 Å². The van der Waals surface area contributed by atoms with Crippen molar-refractivity contribution in [2.45, 2.75) is 49.9 Å². The summed E-state index contributed by atoms with van der Waals surface area (Å²) in [6.07, 6.45) is 3.15. The van der Waals surface area contributed by atoms with E-state index in [0.29, 0.717) is 27.9 Å². The number of carbonyl (C=O) groups is 1. The van der Waals surface area contributed by atoms with Crippen LogP contribution in [0.25, 0.3) is 22.8 Å². The first-order valence-electron chi connectivity index (χ1n) is 11.5. The van der Waals surface area contributed by atoms with Gasteiger partial charge in [-0.05, 0) is 51.8 Å². The normalized spacial score (nSPS) is 24.8. The second-order valence-corrected chi connectivity index (χ2v) is 13.0. The second kappa shape index (κ2) is 8.88. The van der Waals surface area contributed by atoms with Crippen LogP contribution in [0.1, 0.15) is 39.2 Å². The molecule has 13 heteroatoms. The fraction of sp³-hybridized carbons (Fsp3) is 0.375. The fourth-order valence-corrected chi connectivity index (χ4v) is 7.06. The Labute approximate surface area is 217 Å². The van der Waals surface area contributed by atoms with Crippen molar-refractivity contribution in [3.05, 3.63) is 53.1 Å². The van der Waals surface area contributed by atoms with E-state index in [-0.39, 0.29) is 23.2 Å². The van der Waals surface area contributed by atoms with E-state index in [1.54, 1.807) is 32.9 Å². The average Bonchev–Trinajstić information content (AvgIpc) is 3.49. The van der Waals surface area contributed by atoms with Crippen LogP contribution in [0.15, 0.2) is 50.5 Å². The molecule has 3 aromatic rings. The van der Waals surface area contributed by atoms with Crippen molar-refractivity contribution in [2.75, 3.05) is 5.75 Å². The van der Waals surface area contributed by atoms with Gasteiger partial charge in [-0.15, -0.1) is 0 Å². The first kappa shape index (κ1) is 25.3. The predicted octanol–water partition coefficient (Wildman–Crippen LogP) is 4.90. The topological polar surface area (TPSA) is 143 Å². The number of amidine groups is 1. The lowest BCUT2D eigenvalue weighted by molar-refractivity contribution is 0.199. The third-order valence-corrected chi connectivity index (χ3v) is 10.1. The number of halogens is 2. The van der Waals surface area contributed by atoms with Crippen molar-refractivity contribution in [1.82, 2.24) is 20.4 Å². The Morgan fingerprint density at radius 1 is 1.24 bits per heavy atom. The summed E-state index contributed by atoms with van der Waals surface area (Å²) in [4.78, 5) is 24.4. The van der Waals surface area contributed by atoms with Gasteiger partial charge in [-0.1, -0.05) is 16.8 Å². The van der Waals surface area contributed by atoms with Crippen LogP contribution in [0.4, 0.5) is 9.18 Å². The fourth-order valence-electron chi connectivity index (χ4n) is 4.19. The van der Waals surface area contributed by atoms with E-state index < -0.39 is 31.9 Å². The molecule has 1 amide bonds. The van der Waals surface area contributed by atoms with Crippen molar-refractivity contribution in [2.24, 2.45) is 9.36 Å². The molecule has 2 aromatic heterocycles. The van der Waals surface area contributed by atoms with Gasteiger partial charge in [0.25, 0.3) is 0 Å². The van der Waals surface area contributed by atoms with Crippen molar-refractivity contribution < 1.29 is 23.0 Å². The smallest absolute Gasteiger partial charge is 0.410 e. The second-order valence-electron chi connectivity index (χ2n) is 9.79. The van der Waals surface area contributed by atoms with E-state index in [1.807, 2.05) is 0 Å². The molecular weight excluding hydrogens is 523 g/mol. The van der Waals surface area contributed by atoms with Crippen LogP contribution < -0.4 is 5.32 Å². The maximum Gasteiger partial charge on any atom is 0.410 e. The van der Waals surface area contributed by atoms with Gasteiger partial charge in [0, 0.05) is 29.6 Å². The first-order valence-corrected chi connectivity index (χ1v) is 13.6. The van der Waals surface area contributed by atoms with Crippen LogP contribution in [-0.2, 0) is 15.3 Å². The number of aliphatic imine (C=N–C) groups is 1. The Kier molecular flexibility index (Phi) is 6.06. The molecule has 10 nitrogen and oxygen atoms in total. The van der Waals surface area contributed by atoms with Gasteiger partial charge in [-0.2, -0.15) is 0 Å².